The van der Waals surface area contributed by atoms with Crippen LogP contribution in [0.15, 0.2) is 6.33 Å². The molecule has 1 aliphatic rings. The largest absolute Gasteiger partial charge is 0.301 e. The number of halogens is 1. The fraction of sp³-hybridized carbons (Fsp3) is 0.600. The Morgan fingerprint density at radius 3 is 2.89 bits per heavy atom. The van der Waals surface area contributed by atoms with Gasteiger partial charge in [-0.15, -0.1) is 10.2 Å². The highest BCUT2D eigenvalue weighted by Gasteiger charge is 2.25. The highest BCUT2D eigenvalue weighted by atomic mass is 35.5. The molecule has 48 valence electrons. The van der Waals surface area contributed by atoms with Crippen molar-refractivity contribution in [3.05, 3.63) is 11.6 Å². The minimum absolute atomic E-state index is 0.512. The first-order chi connectivity index (χ1) is 4.38. The Kier molecular flexibility index (Phi) is 0.990. The van der Waals surface area contributed by atoms with E-state index in [1.54, 1.807) is 6.33 Å². The second-order valence-electron chi connectivity index (χ2n) is 2.24. The molecule has 0 radical (unpaired) electrons. The van der Waals surface area contributed by atoms with Crippen molar-refractivity contribution < 1.29 is 0 Å². The van der Waals surface area contributed by atoms with Crippen molar-refractivity contribution in [1.82, 2.24) is 14.8 Å². The number of aromatic nitrogens is 3. The van der Waals surface area contributed by atoms with Gasteiger partial charge in [-0.05, 0) is 24.4 Å². The fourth-order valence-electron chi connectivity index (χ4n) is 0.826. The van der Waals surface area contributed by atoms with Gasteiger partial charge in [0.1, 0.15) is 6.33 Å². The Morgan fingerprint density at radius 2 is 2.44 bits per heavy atom. The summed E-state index contributed by atoms with van der Waals surface area (Å²) in [4.78, 5) is 0. The van der Waals surface area contributed by atoms with E-state index in [1.165, 1.54) is 12.8 Å². The summed E-state index contributed by atoms with van der Waals surface area (Å²) in [5.41, 5.74) is 0. The normalized spacial score (nSPS) is 18.3. The van der Waals surface area contributed by atoms with Crippen LogP contribution < -0.4 is 0 Å². The highest BCUT2D eigenvalue weighted by molar-refractivity contribution is 6.28. The molecule has 0 saturated heterocycles. The van der Waals surface area contributed by atoms with Crippen LogP contribution in [0.3, 0.4) is 0 Å². The quantitative estimate of drug-likeness (QED) is 0.593. The number of hydrogen-bond donors (Lipinski definition) is 0. The Morgan fingerprint density at radius 1 is 1.67 bits per heavy atom. The van der Waals surface area contributed by atoms with Crippen molar-refractivity contribution in [3.8, 4) is 0 Å². The topological polar surface area (TPSA) is 30.7 Å². The Hall–Kier alpha value is -0.570. The molecule has 0 unspecified atom stereocenters. The van der Waals surface area contributed by atoms with Crippen LogP contribution in [0.4, 0.5) is 0 Å². The maximum atomic E-state index is 5.66. The molecule has 0 amide bonds. The lowest BCUT2D eigenvalue weighted by Crippen LogP contribution is -1.89. The lowest BCUT2D eigenvalue weighted by atomic mass is 10.7. The van der Waals surface area contributed by atoms with Gasteiger partial charge in [-0.3, -0.25) is 0 Å². The molecule has 1 aromatic heterocycles. The van der Waals surface area contributed by atoms with Crippen molar-refractivity contribution in [3.63, 3.8) is 0 Å². The third kappa shape index (κ3) is 0.812. The molecule has 4 heteroatoms. The zero-order chi connectivity index (χ0) is 6.27. The van der Waals surface area contributed by atoms with Gasteiger partial charge >= 0.3 is 0 Å². The summed E-state index contributed by atoms with van der Waals surface area (Å²) in [6.07, 6.45) is 4.12. The van der Waals surface area contributed by atoms with Gasteiger partial charge in [0.25, 0.3) is 0 Å². The maximum Gasteiger partial charge on any atom is 0.225 e. The van der Waals surface area contributed by atoms with E-state index in [0.717, 1.165) is 0 Å². The molecule has 1 aliphatic carbocycles. The van der Waals surface area contributed by atoms with E-state index in [2.05, 4.69) is 10.2 Å². The molecule has 0 spiro atoms. The molecule has 9 heavy (non-hydrogen) atoms. The van der Waals surface area contributed by atoms with E-state index in [1.807, 2.05) is 4.57 Å². The lowest BCUT2D eigenvalue weighted by Gasteiger charge is -1.94. The number of nitrogens with zero attached hydrogens (tertiary/aromatic N) is 3. The highest BCUT2D eigenvalue weighted by Crippen LogP contribution is 2.35. The lowest BCUT2D eigenvalue weighted by molar-refractivity contribution is 0.739. The van der Waals surface area contributed by atoms with E-state index in [0.29, 0.717) is 11.3 Å². The standard InChI is InChI=1S/C5H6ClN3/c6-5-8-7-3-9(5)4-1-2-4/h3-4H,1-2H2. The summed E-state index contributed by atoms with van der Waals surface area (Å²) in [7, 11) is 0. The Labute approximate surface area is 57.7 Å². The number of rotatable bonds is 1. The zero-order valence-corrected chi connectivity index (χ0v) is 5.54. The van der Waals surface area contributed by atoms with Gasteiger partial charge in [-0.25, -0.2) is 0 Å². The van der Waals surface area contributed by atoms with Crippen molar-refractivity contribution >= 4 is 11.6 Å². The van der Waals surface area contributed by atoms with Gasteiger partial charge in [0.15, 0.2) is 0 Å². The van der Waals surface area contributed by atoms with E-state index in [9.17, 15) is 0 Å². The molecule has 2 rings (SSSR count). The molecule has 3 nitrogen and oxygen atoms in total. The minimum atomic E-state index is 0.512. The molecule has 0 atom stereocenters. The van der Waals surface area contributed by atoms with Crippen LogP contribution in [0.1, 0.15) is 18.9 Å². The van der Waals surface area contributed by atoms with Crippen molar-refractivity contribution in [2.24, 2.45) is 0 Å². The Balaban J connectivity index is 2.35. The van der Waals surface area contributed by atoms with Crippen LogP contribution in [-0.2, 0) is 0 Å². The van der Waals surface area contributed by atoms with Gasteiger partial charge in [0.2, 0.25) is 5.28 Å². The average molecular weight is 144 g/mol. The summed E-state index contributed by atoms with van der Waals surface area (Å²) >= 11 is 5.66. The minimum Gasteiger partial charge on any atom is -0.301 e. The monoisotopic (exact) mass is 143 g/mol. The molecule has 0 N–H and O–H groups in total. The Bertz CT molecular complexity index is 216. The summed E-state index contributed by atoms with van der Waals surface area (Å²) in [6, 6.07) is 0.590. The third-order valence-corrected chi connectivity index (χ3v) is 1.74. The van der Waals surface area contributed by atoms with Crippen LogP contribution in [0, 0.1) is 0 Å². The van der Waals surface area contributed by atoms with Gasteiger partial charge in [0, 0.05) is 6.04 Å². The first kappa shape index (κ1) is 5.23. The fourth-order valence-corrected chi connectivity index (χ4v) is 1.05. The SMILES string of the molecule is Clc1nncn1C1CC1. The summed E-state index contributed by atoms with van der Waals surface area (Å²) < 4.78 is 1.90. The molecule has 0 bridgehead atoms. The van der Waals surface area contributed by atoms with Crippen LogP contribution in [0.2, 0.25) is 5.28 Å². The predicted octanol–water partition coefficient (Wildman–Crippen LogP) is 1.27. The third-order valence-electron chi connectivity index (χ3n) is 1.47. The van der Waals surface area contributed by atoms with Crippen molar-refractivity contribution in [1.29, 1.82) is 0 Å². The molecule has 0 aliphatic heterocycles. The van der Waals surface area contributed by atoms with Crippen LogP contribution >= 0.6 is 11.6 Å². The van der Waals surface area contributed by atoms with E-state index >= 15 is 0 Å². The van der Waals surface area contributed by atoms with Gasteiger partial charge < -0.3 is 4.57 Å². The predicted molar refractivity (Wildman–Crippen MR) is 33.3 cm³/mol. The maximum absolute atomic E-state index is 5.66. The van der Waals surface area contributed by atoms with Gasteiger partial charge in [-0.1, -0.05) is 0 Å². The van der Waals surface area contributed by atoms with Crippen molar-refractivity contribution in [2.75, 3.05) is 0 Å². The first-order valence-corrected chi connectivity index (χ1v) is 3.31. The zero-order valence-electron chi connectivity index (χ0n) is 4.79. The van der Waals surface area contributed by atoms with E-state index in [4.69, 9.17) is 11.6 Å². The molecular formula is C5H6ClN3. The van der Waals surface area contributed by atoms with Gasteiger partial charge in [-0.2, -0.15) is 0 Å². The van der Waals surface area contributed by atoms with Crippen LogP contribution in [0.5, 0.6) is 0 Å². The van der Waals surface area contributed by atoms with E-state index in [-0.39, 0.29) is 0 Å². The first-order valence-electron chi connectivity index (χ1n) is 2.93. The molecule has 1 aromatic rings. The van der Waals surface area contributed by atoms with Crippen LogP contribution in [-0.4, -0.2) is 14.8 Å². The molecule has 1 saturated carbocycles. The van der Waals surface area contributed by atoms with Gasteiger partial charge in [0.05, 0.1) is 0 Å². The summed E-state index contributed by atoms with van der Waals surface area (Å²) in [6.45, 7) is 0. The molecule has 1 fully saturated rings. The second-order valence-corrected chi connectivity index (χ2v) is 2.58. The number of hydrogen-bond acceptors (Lipinski definition) is 2. The second kappa shape index (κ2) is 1.70. The molecule has 0 aromatic carbocycles. The smallest absolute Gasteiger partial charge is 0.225 e. The van der Waals surface area contributed by atoms with E-state index < -0.39 is 0 Å². The summed E-state index contributed by atoms with van der Waals surface area (Å²) in [5.74, 6) is 0. The van der Waals surface area contributed by atoms with Crippen molar-refractivity contribution in [2.45, 2.75) is 18.9 Å². The molecular weight excluding hydrogens is 138 g/mol. The summed E-state index contributed by atoms with van der Waals surface area (Å²) in [5, 5.41) is 7.83. The average Bonchev–Trinajstić information content (AvgIpc) is 2.58. The molecule has 1 heterocycles. The van der Waals surface area contributed by atoms with Crippen LogP contribution in [0.25, 0.3) is 0 Å².